The minimum Gasteiger partial charge on any atom is -0.483 e. The number of hydrogen-bond acceptors (Lipinski definition) is 3. The normalized spacial score (nSPS) is 19.8. The zero-order valence-electron chi connectivity index (χ0n) is 9.46. The standard InChI is InChI=1S/C11H19NO2/c1-5-12(6-2)8-9-7-10(13)11(3,4)14-9/h7H,5-6,8H2,1-4H3. The summed E-state index contributed by atoms with van der Waals surface area (Å²) in [5.41, 5.74) is -0.650. The van der Waals surface area contributed by atoms with Crippen molar-refractivity contribution in [3.05, 3.63) is 11.8 Å². The second-order valence-electron chi connectivity index (χ2n) is 4.05. The Morgan fingerprint density at radius 3 is 2.29 bits per heavy atom. The lowest BCUT2D eigenvalue weighted by atomic mass is 10.1. The Morgan fingerprint density at radius 2 is 1.93 bits per heavy atom. The van der Waals surface area contributed by atoms with Crippen molar-refractivity contribution in [1.82, 2.24) is 4.90 Å². The van der Waals surface area contributed by atoms with E-state index in [-0.39, 0.29) is 5.78 Å². The van der Waals surface area contributed by atoms with Gasteiger partial charge in [0, 0.05) is 6.08 Å². The number of nitrogens with zero attached hydrogens (tertiary/aromatic N) is 1. The summed E-state index contributed by atoms with van der Waals surface area (Å²) in [6, 6.07) is 0. The van der Waals surface area contributed by atoms with E-state index in [1.807, 2.05) is 0 Å². The summed E-state index contributed by atoms with van der Waals surface area (Å²) in [5, 5.41) is 0. The van der Waals surface area contributed by atoms with Crippen LogP contribution in [0.3, 0.4) is 0 Å². The van der Waals surface area contributed by atoms with E-state index in [2.05, 4.69) is 18.7 Å². The highest BCUT2D eigenvalue weighted by Crippen LogP contribution is 2.24. The van der Waals surface area contributed by atoms with Gasteiger partial charge in [-0.25, -0.2) is 0 Å². The predicted octanol–water partition coefficient (Wildman–Crippen LogP) is 1.59. The molecule has 0 saturated carbocycles. The maximum Gasteiger partial charge on any atom is 0.201 e. The van der Waals surface area contributed by atoms with Crippen molar-refractivity contribution in [2.75, 3.05) is 19.6 Å². The number of rotatable bonds is 4. The maximum atomic E-state index is 11.4. The van der Waals surface area contributed by atoms with Gasteiger partial charge in [0.15, 0.2) is 5.60 Å². The zero-order valence-corrected chi connectivity index (χ0v) is 9.46. The molecule has 0 saturated heterocycles. The van der Waals surface area contributed by atoms with Gasteiger partial charge in [0.2, 0.25) is 5.78 Å². The van der Waals surface area contributed by atoms with Crippen molar-refractivity contribution < 1.29 is 9.53 Å². The van der Waals surface area contributed by atoms with Gasteiger partial charge in [-0.2, -0.15) is 0 Å². The molecule has 0 radical (unpaired) electrons. The number of hydrogen-bond donors (Lipinski definition) is 0. The van der Waals surface area contributed by atoms with E-state index in [1.165, 1.54) is 0 Å². The number of ether oxygens (including phenoxy) is 1. The highest BCUT2D eigenvalue weighted by atomic mass is 16.5. The molecular formula is C11H19NO2. The molecular weight excluding hydrogens is 178 g/mol. The van der Waals surface area contributed by atoms with Crippen molar-refractivity contribution in [3.63, 3.8) is 0 Å². The van der Waals surface area contributed by atoms with E-state index in [0.29, 0.717) is 0 Å². The van der Waals surface area contributed by atoms with E-state index in [0.717, 1.165) is 25.4 Å². The van der Waals surface area contributed by atoms with Gasteiger partial charge in [-0.15, -0.1) is 0 Å². The quantitative estimate of drug-likeness (QED) is 0.685. The molecule has 0 amide bonds. The summed E-state index contributed by atoms with van der Waals surface area (Å²) in [6.07, 6.45) is 1.62. The molecule has 1 aliphatic heterocycles. The van der Waals surface area contributed by atoms with Gasteiger partial charge in [0.1, 0.15) is 5.76 Å². The molecule has 0 spiro atoms. The van der Waals surface area contributed by atoms with Crippen LogP contribution in [0.25, 0.3) is 0 Å². The van der Waals surface area contributed by atoms with Crippen LogP contribution in [0.1, 0.15) is 27.7 Å². The van der Waals surface area contributed by atoms with E-state index >= 15 is 0 Å². The Bertz CT molecular complexity index is 252. The molecule has 0 fully saturated rings. The first-order chi connectivity index (χ1) is 6.49. The molecule has 0 unspecified atom stereocenters. The second kappa shape index (κ2) is 4.13. The highest BCUT2D eigenvalue weighted by Gasteiger charge is 2.35. The summed E-state index contributed by atoms with van der Waals surface area (Å²) in [7, 11) is 0. The number of carbonyl (C=O) groups is 1. The Hall–Kier alpha value is -0.830. The van der Waals surface area contributed by atoms with Crippen LogP contribution < -0.4 is 0 Å². The largest absolute Gasteiger partial charge is 0.483 e. The molecule has 3 heteroatoms. The first kappa shape index (κ1) is 11.2. The Balaban J connectivity index is 2.57. The van der Waals surface area contributed by atoms with E-state index < -0.39 is 5.60 Å². The summed E-state index contributed by atoms with van der Waals surface area (Å²) in [5.74, 6) is 0.864. The van der Waals surface area contributed by atoms with Crippen LogP contribution in [-0.2, 0) is 9.53 Å². The van der Waals surface area contributed by atoms with Crippen LogP contribution in [0, 0.1) is 0 Å². The third-order valence-corrected chi connectivity index (χ3v) is 2.55. The Labute approximate surface area is 85.7 Å². The van der Waals surface area contributed by atoms with E-state index in [9.17, 15) is 4.79 Å². The lowest BCUT2D eigenvalue weighted by Gasteiger charge is -2.22. The lowest BCUT2D eigenvalue weighted by Crippen LogP contribution is -2.30. The topological polar surface area (TPSA) is 29.5 Å². The van der Waals surface area contributed by atoms with Gasteiger partial charge in [-0.3, -0.25) is 9.69 Å². The summed E-state index contributed by atoms with van der Waals surface area (Å²) in [6.45, 7) is 10.5. The minimum atomic E-state index is -0.650. The number of ketones is 1. The molecule has 0 aromatic heterocycles. The van der Waals surface area contributed by atoms with Crippen LogP contribution in [0.4, 0.5) is 0 Å². The molecule has 1 aliphatic rings. The second-order valence-corrected chi connectivity index (χ2v) is 4.05. The number of likely N-dealkylation sites (N-methyl/N-ethyl adjacent to an activating group) is 1. The van der Waals surface area contributed by atoms with Crippen molar-refractivity contribution >= 4 is 5.78 Å². The Kier molecular flexibility index (Phi) is 3.32. The van der Waals surface area contributed by atoms with Crippen LogP contribution in [0.5, 0.6) is 0 Å². The zero-order chi connectivity index (χ0) is 10.8. The molecule has 0 aromatic rings. The van der Waals surface area contributed by atoms with Gasteiger partial charge in [-0.05, 0) is 26.9 Å². The van der Waals surface area contributed by atoms with Crippen LogP contribution in [0.15, 0.2) is 11.8 Å². The molecule has 3 nitrogen and oxygen atoms in total. The molecule has 0 atom stereocenters. The van der Waals surface area contributed by atoms with Crippen molar-refractivity contribution in [2.45, 2.75) is 33.3 Å². The van der Waals surface area contributed by atoms with Crippen molar-refractivity contribution in [3.8, 4) is 0 Å². The molecule has 1 heterocycles. The highest BCUT2D eigenvalue weighted by molar-refractivity contribution is 5.98. The fourth-order valence-corrected chi connectivity index (χ4v) is 1.47. The van der Waals surface area contributed by atoms with Crippen LogP contribution in [-0.4, -0.2) is 35.9 Å². The molecule has 0 aliphatic carbocycles. The smallest absolute Gasteiger partial charge is 0.201 e. The van der Waals surface area contributed by atoms with Gasteiger partial charge >= 0.3 is 0 Å². The van der Waals surface area contributed by atoms with Crippen LogP contribution >= 0.6 is 0 Å². The SMILES string of the molecule is CCN(CC)CC1=CC(=O)C(C)(C)O1. The van der Waals surface area contributed by atoms with Gasteiger partial charge in [-0.1, -0.05) is 13.8 Å². The average Bonchev–Trinajstić information content (AvgIpc) is 2.36. The average molecular weight is 197 g/mol. The fraction of sp³-hybridized carbons (Fsp3) is 0.727. The molecule has 1 rings (SSSR count). The molecule has 0 N–H and O–H groups in total. The van der Waals surface area contributed by atoms with Crippen molar-refractivity contribution in [1.29, 1.82) is 0 Å². The first-order valence-corrected chi connectivity index (χ1v) is 5.16. The van der Waals surface area contributed by atoms with Gasteiger partial charge < -0.3 is 4.74 Å². The Morgan fingerprint density at radius 1 is 1.36 bits per heavy atom. The summed E-state index contributed by atoms with van der Waals surface area (Å²) >= 11 is 0. The number of carbonyl (C=O) groups excluding carboxylic acids is 1. The van der Waals surface area contributed by atoms with Gasteiger partial charge in [0.25, 0.3) is 0 Å². The first-order valence-electron chi connectivity index (χ1n) is 5.16. The molecule has 80 valence electrons. The monoisotopic (exact) mass is 197 g/mol. The predicted molar refractivity (Wildman–Crippen MR) is 56.0 cm³/mol. The van der Waals surface area contributed by atoms with Crippen LogP contribution in [0.2, 0.25) is 0 Å². The van der Waals surface area contributed by atoms with E-state index in [4.69, 9.17) is 4.74 Å². The molecule has 0 bridgehead atoms. The lowest BCUT2D eigenvalue weighted by molar-refractivity contribution is -0.127. The van der Waals surface area contributed by atoms with Gasteiger partial charge in [0.05, 0.1) is 6.54 Å². The third kappa shape index (κ3) is 2.35. The minimum absolute atomic E-state index is 0.0691. The van der Waals surface area contributed by atoms with E-state index in [1.54, 1.807) is 19.9 Å². The fourth-order valence-electron chi connectivity index (χ4n) is 1.47. The maximum absolute atomic E-state index is 11.4. The summed E-state index contributed by atoms with van der Waals surface area (Å²) in [4.78, 5) is 13.7. The third-order valence-electron chi connectivity index (χ3n) is 2.55. The molecule has 14 heavy (non-hydrogen) atoms. The van der Waals surface area contributed by atoms with Crippen molar-refractivity contribution in [2.24, 2.45) is 0 Å². The molecule has 0 aromatic carbocycles. The summed E-state index contributed by atoms with van der Waals surface area (Å²) < 4.78 is 5.57.